The van der Waals surface area contributed by atoms with E-state index in [1.807, 2.05) is 13.8 Å². The molecule has 0 aliphatic heterocycles. The van der Waals surface area contributed by atoms with Crippen LogP contribution < -0.4 is 5.32 Å². The van der Waals surface area contributed by atoms with Crippen molar-refractivity contribution in [2.24, 2.45) is 0 Å². The van der Waals surface area contributed by atoms with E-state index < -0.39 is 5.60 Å². The number of nitrogens with one attached hydrogen (secondary N) is 1. The molecule has 3 heteroatoms. The Morgan fingerprint density at radius 2 is 2.00 bits per heavy atom. The summed E-state index contributed by atoms with van der Waals surface area (Å²) in [6.45, 7) is 10.9. The lowest BCUT2D eigenvalue weighted by Crippen LogP contribution is -2.41. The smallest absolute Gasteiger partial charge is 0.0740 e. The number of hydrogen-bond donors (Lipinski definition) is 2. The quantitative estimate of drug-likeness (QED) is 0.606. The van der Waals surface area contributed by atoms with Gasteiger partial charge in [0.25, 0.3) is 0 Å². The maximum atomic E-state index is 9.72. The third-order valence-corrected chi connectivity index (χ3v) is 2.79. The van der Waals surface area contributed by atoms with Crippen LogP contribution in [0.15, 0.2) is 0 Å². The van der Waals surface area contributed by atoms with Gasteiger partial charge in [0.15, 0.2) is 0 Å². The van der Waals surface area contributed by atoms with Gasteiger partial charge in [-0.1, -0.05) is 6.92 Å². The third-order valence-electron chi connectivity index (χ3n) is 2.79. The van der Waals surface area contributed by atoms with Crippen LogP contribution in [0.25, 0.3) is 0 Å². The fourth-order valence-corrected chi connectivity index (χ4v) is 0.996. The average Bonchev–Trinajstić information content (AvgIpc) is 2.12. The monoisotopic (exact) mass is 202 g/mol. The first-order valence-corrected chi connectivity index (χ1v) is 5.52. The summed E-state index contributed by atoms with van der Waals surface area (Å²) in [5.41, 5.74) is -0.559. The van der Waals surface area contributed by atoms with Crippen LogP contribution >= 0.6 is 0 Å². The average molecular weight is 202 g/mol. The van der Waals surface area contributed by atoms with Gasteiger partial charge in [0, 0.05) is 25.7 Å². The molecule has 0 amide bonds. The normalized spacial score (nSPS) is 16.3. The lowest BCUT2D eigenvalue weighted by Gasteiger charge is -2.24. The van der Waals surface area contributed by atoms with Gasteiger partial charge in [-0.25, -0.2) is 0 Å². The summed E-state index contributed by atoms with van der Waals surface area (Å²) in [5.74, 6) is 0. The molecule has 0 heterocycles. The van der Waals surface area contributed by atoms with Crippen LogP contribution in [0.1, 0.15) is 34.1 Å². The van der Waals surface area contributed by atoms with Gasteiger partial charge in [-0.15, -0.1) is 0 Å². The first kappa shape index (κ1) is 13.9. The zero-order valence-corrected chi connectivity index (χ0v) is 10.3. The maximum Gasteiger partial charge on any atom is 0.0740 e. The summed E-state index contributed by atoms with van der Waals surface area (Å²) in [5, 5.41) is 13.0. The minimum atomic E-state index is -0.559. The zero-order valence-electron chi connectivity index (χ0n) is 10.3. The van der Waals surface area contributed by atoms with Gasteiger partial charge in [-0.3, -0.25) is 0 Å². The molecule has 0 bridgehead atoms. The van der Waals surface area contributed by atoms with Crippen molar-refractivity contribution < 1.29 is 5.11 Å². The Bertz CT molecular complexity index is 146. The van der Waals surface area contributed by atoms with Crippen molar-refractivity contribution in [2.75, 3.05) is 26.7 Å². The van der Waals surface area contributed by atoms with Crippen LogP contribution in [0.3, 0.4) is 0 Å². The molecule has 86 valence electrons. The zero-order chi connectivity index (χ0) is 11.2. The molecular formula is C11H26N2O. The van der Waals surface area contributed by atoms with Gasteiger partial charge >= 0.3 is 0 Å². The molecule has 0 rings (SSSR count). The van der Waals surface area contributed by atoms with Crippen LogP contribution in [0.5, 0.6) is 0 Å². The van der Waals surface area contributed by atoms with E-state index in [1.165, 1.54) is 0 Å². The van der Waals surface area contributed by atoms with Crippen molar-refractivity contribution >= 4 is 0 Å². The molecule has 3 nitrogen and oxygen atoms in total. The number of rotatable bonds is 7. The summed E-state index contributed by atoms with van der Waals surface area (Å²) >= 11 is 0. The van der Waals surface area contributed by atoms with Gasteiger partial charge in [-0.2, -0.15) is 0 Å². The lowest BCUT2D eigenvalue weighted by atomic mass is 10.0. The van der Waals surface area contributed by atoms with Crippen LogP contribution in [-0.2, 0) is 0 Å². The predicted octanol–water partition coefficient (Wildman–Crippen LogP) is 1.08. The van der Waals surface area contributed by atoms with Gasteiger partial charge in [0.05, 0.1) is 5.60 Å². The fraction of sp³-hybridized carbons (Fsp3) is 1.00. The first-order valence-electron chi connectivity index (χ1n) is 5.52. The molecule has 0 aliphatic rings. The summed E-state index contributed by atoms with van der Waals surface area (Å²) < 4.78 is 0. The molecule has 14 heavy (non-hydrogen) atoms. The van der Waals surface area contributed by atoms with Crippen LogP contribution in [0, 0.1) is 0 Å². The second-order valence-electron chi connectivity index (χ2n) is 4.60. The predicted molar refractivity (Wildman–Crippen MR) is 61.6 cm³/mol. The van der Waals surface area contributed by atoms with Gasteiger partial charge in [-0.05, 0) is 34.2 Å². The molecule has 0 aromatic rings. The van der Waals surface area contributed by atoms with Crippen molar-refractivity contribution in [2.45, 2.75) is 45.8 Å². The summed E-state index contributed by atoms with van der Waals surface area (Å²) in [6.07, 6.45) is 0.792. The van der Waals surface area contributed by atoms with E-state index in [1.54, 1.807) is 0 Å². The van der Waals surface area contributed by atoms with E-state index >= 15 is 0 Å². The van der Waals surface area contributed by atoms with Crippen molar-refractivity contribution in [1.82, 2.24) is 10.2 Å². The molecule has 0 saturated carbocycles. The molecular weight excluding hydrogens is 176 g/mol. The molecule has 0 aromatic heterocycles. The molecule has 0 spiro atoms. The lowest BCUT2D eigenvalue weighted by molar-refractivity contribution is 0.0553. The van der Waals surface area contributed by atoms with Crippen molar-refractivity contribution in [1.29, 1.82) is 0 Å². The van der Waals surface area contributed by atoms with E-state index in [-0.39, 0.29) is 0 Å². The Labute approximate surface area is 88.5 Å². The molecule has 0 aliphatic carbocycles. The Hall–Kier alpha value is -0.120. The largest absolute Gasteiger partial charge is 0.389 e. The highest BCUT2D eigenvalue weighted by Gasteiger charge is 2.16. The van der Waals surface area contributed by atoms with E-state index in [4.69, 9.17) is 0 Å². The van der Waals surface area contributed by atoms with Crippen molar-refractivity contribution in [3.8, 4) is 0 Å². The van der Waals surface area contributed by atoms with E-state index in [9.17, 15) is 5.11 Å². The summed E-state index contributed by atoms with van der Waals surface area (Å²) in [6, 6.07) is 0.587. The Morgan fingerprint density at radius 3 is 2.43 bits per heavy atom. The molecule has 2 N–H and O–H groups in total. The van der Waals surface area contributed by atoms with Crippen molar-refractivity contribution in [3.05, 3.63) is 0 Å². The SMILES string of the molecule is CCC(C)(O)CNCCN(C)C(C)C. The second-order valence-corrected chi connectivity index (χ2v) is 4.60. The third kappa shape index (κ3) is 6.35. The van der Waals surface area contributed by atoms with E-state index in [2.05, 4.69) is 31.1 Å². The van der Waals surface area contributed by atoms with Crippen LogP contribution in [-0.4, -0.2) is 48.3 Å². The van der Waals surface area contributed by atoms with Crippen molar-refractivity contribution in [3.63, 3.8) is 0 Å². The minimum absolute atomic E-state index is 0.559. The van der Waals surface area contributed by atoms with Gasteiger partial charge in [0.1, 0.15) is 0 Å². The highest BCUT2D eigenvalue weighted by Crippen LogP contribution is 2.05. The van der Waals surface area contributed by atoms with E-state index in [0.717, 1.165) is 19.5 Å². The standard InChI is InChI=1S/C11H26N2O/c1-6-11(4,14)9-12-7-8-13(5)10(2)3/h10,12,14H,6-9H2,1-5H3. The van der Waals surface area contributed by atoms with Gasteiger partial charge < -0.3 is 15.3 Å². The molecule has 0 radical (unpaired) electrons. The molecule has 0 saturated heterocycles. The Morgan fingerprint density at radius 1 is 1.43 bits per heavy atom. The molecule has 1 unspecified atom stereocenters. The highest BCUT2D eigenvalue weighted by molar-refractivity contribution is 4.73. The maximum absolute atomic E-state index is 9.72. The molecule has 1 atom stereocenters. The highest BCUT2D eigenvalue weighted by atomic mass is 16.3. The Balaban J connectivity index is 3.47. The number of aliphatic hydroxyl groups is 1. The first-order chi connectivity index (χ1) is 6.39. The van der Waals surface area contributed by atoms with E-state index in [0.29, 0.717) is 12.6 Å². The fourth-order valence-electron chi connectivity index (χ4n) is 0.996. The van der Waals surface area contributed by atoms with Crippen LogP contribution in [0.2, 0.25) is 0 Å². The number of likely N-dealkylation sites (N-methyl/N-ethyl adjacent to an activating group) is 1. The Kier molecular flexibility index (Phi) is 6.33. The number of hydrogen-bond acceptors (Lipinski definition) is 3. The number of nitrogens with zero attached hydrogens (tertiary/aromatic N) is 1. The van der Waals surface area contributed by atoms with Crippen LogP contribution in [0.4, 0.5) is 0 Å². The molecule has 0 fully saturated rings. The summed E-state index contributed by atoms with van der Waals surface area (Å²) in [7, 11) is 2.12. The van der Waals surface area contributed by atoms with Gasteiger partial charge in [0.2, 0.25) is 0 Å². The minimum Gasteiger partial charge on any atom is -0.389 e. The second kappa shape index (κ2) is 6.38. The summed E-state index contributed by atoms with van der Waals surface area (Å²) in [4.78, 5) is 2.29. The molecule has 0 aromatic carbocycles. The topological polar surface area (TPSA) is 35.5 Å².